The van der Waals surface area contributed by atoms with Gasteiger partial charge in [-0.15, -0.1) is 0 Å². The number of rotatable bonds is 8. The number of nitrogens with zero attached hydrogens (tertiary/aromatic N) is 3. The Morgan fingerprint density at radius 2 is 1.64 bits per heavy atom. The normalized spacial score (nSPS) is 20.0. The van der Waals surface area contributed by atoms with E-state index in [2.05, 4.69) is 22.4 Å². The van der Waals surface area contributed by atoms with Gasteiger partial charge in [0.1, 0.15) is 5.65 Å². The first-order chi connectivity index (χ1) is 22.9. The van der Waals surface area contributed by atoms with Crippen molar-refractivity contribution in [1.82, 2.24) is 14.5 Å². The molecule has 2 aromatic carbocycles. The lowest BCUT2D eigenvalue weighted by Crippen LogP contribution is -2.29. The van der Waals surface area contributed by atoms with Crippen molar-refractivity contribution in [2.75, 3.05) is 25.1 Å². The fraction of sp³-hybridized carbons (Fsp3) is 0.486. The maximum absolute atomic E-state index is 14.3. The van der Waals surface area contributed by atoms with Crippen molar-refractivity contribution in [3.8, 4) is 11.1 Å². The summed E-state index contributed by atoms with van der Waals surface area (Å²) in [5.41, 5.74) is 4.47. The van der Waals surface area contributed by atoms with E-state index in [0.29, 0.717) is 54.7 Å². The van der Waals surface area contributed by atoms with E-state index in [-0.39, 0.29) is 22.8 Å². The number of ether oxygens (including phenoxy) is 2. The predicted octanol–water partition coefficient (Wildman–Crippen LogP) is 7.29. The molecule has 1 aliphatic carbocycles. The Morgan fingerprint density at radius 3 is 2.36 bits per heavy atom. The fourth-order valence-electron chi connectivity index (χ4n) is 7.37. The summed E-state index contributed by atoms with van der Waals surface area (Å²) in [5, 5.41) is 3.74. The quantitative estimate of drug-likeness (QED) is 0.211. The van der Waals surface area contributed by atoms with Gasteiger partial charge in [0.25, 0.3) is 5.56 Å². The van der Waals surface area contributed by atoms with Gasteiger partial charge in [0.05, 0.1) is 16.2 Å². The maximum atomic E-state index is 14.3. The maximum Gasteiger partial charge on any atom is 0.260 e. The lowest BCUT2D eigenvalue weighted by atomic mass is 9.98. The summed E-state index contributed by atoms with van der Waals surface area (Å²) in [6, 6.07) is 15.2. The monoisotopic (exact) mass is 656 g/mol. The second kappa shape index (κ2) is 13.9. The van der Waals surface area contributed by atoms with E-state index in [4.69, 9.17) is 14.5 Å². The van der Waals surface area contributed by atoms with Crippen LogP contribution < -0.4 is 10.9 Å². The van der Waals surface area contributed by atoms with Gasteiger partial charge in [-0.05, 0) is 105 Å². The first-order valence-electron chi connectivity index (χ1n) is 17.2. The standard InChI is InChI=1S/C37H44N4O5S/c1-25-21-31(47(43,44)30-7-3-2-4-8-30)14-15-32(25)33-22-28-23-38-37(39-29-12-10-27(11-13-29)34-9-5-6-18-46-34)40-35(28)41(36(33)42)24-26-16-19-45-20-17-26/h10-15,21-23,26,30,34H,2-9,16-20,24H2,1H3,(H,38,39,40). The third kappa shape index (κ3) is 6.87. The van der Waals surface area contributed by atoms with E-state index in [9.17, 15) is 13.2 Å². The van der Waals surface area contributed by atoms with Crippen LogP contribution in [-0.2, 0) is 25.9 Å². The number of fused-ring (bicyclic) bond motifs is 1. The smallest absolute Gasteiger partial charge is 0.260 e. The van der Waals surface area contributed by atoms with Crippen LogP contribution >= 0.6 is 0 Å². The third-order valence-corrected chi connectivity index (χ3v) is 12.4. The summed E-state index contributed by atoms with van der Waals surface area (Å²) >= 11 is 0. The number of sulfone groups is 1. The summed E-state index contributed by atoms with van der Waals surface area (Å²) in [6.07, 6.45) is 11.4. The zero-order chi connectivity index (χ0) is 32.4. The summed E-state index contributed by atoms with van der Waals surface area (Å²) in [5.74, 6) is 0.699. The van der Waals surface area contributed by atoms with E-state index >= 15 is 0 Å². The third-order valence-electron chi connectivity index (χ3n) is 10.1. The number of anilines is 2. The van der Waals surface area contributed by atoms with Gasteiger partial charge in [0, 0.05) is 49.2 Å². The Bertz CT molecular complexity index is 1890. The first kappa shape index (κ1) is 32.0. The number of benzene rings is 2. The summed E-state index contributed by atoms with van der Waals surface area (Å²) < 4.78 is 40.2. The molecule has 248 valence electrons. The molecule has 2 saturated heterocycles. The van der Waals surface area contributed by atoms with Crippen LogP contribution in [-0.4, -0.2) is 48.0 Å². The number of pyridine rings is 1. The Balaban J connectivity index is 1.22. The molecule has 4 aromatic rings. The average molecular weight is 657 g/mol. The van der Waals surface area contributed by atoms with Crippen molar-refractivity contribution >= 4 is 32.5 Å². The fourth-order valence-corrected chi connectivity index (χ4v) is 9.30. The van der Waals surface area contributed by atoms with Crippen LogP contribution in [0.15, 0.2) is 64.4 Å². The molecule has 0 spiro atoms. The molecular weight excluding hydrogens is 612 g/mol. The molecule has 3 fully saturated rings. The number of hydrogen-bond acceptors (Lipinski definition) is 8. The molecule has 3 aliphatic rings. The molecule has 1 atom stereocenters. The second-order valence-electron chi connectivity index (χ2n) is 13.4. The van der Waals surface area contributed by atoms with Crippen LogP contribution in [0.3, 0.4) is 0 Å². The molecule has 1 unspecified atom stereocenters. The van der Waals surface area contributed by atoms with Crippen LogP contribution in [0.4, 0.5) is 11.6 Å². The molecule has 7 rings (SSSR count). The summed E-state index contributed by atoms with van der Waals surface area (Å²) in [6.45, 7) is 4.57. The lowest BCUT2D eigenvalue weighted by Gasteiger charge is -2.24. The van der Waals surface area contributed by atoms with Crippen molar-refractivity contribution in [2.24, 2.45) is 5.92 Å². The van der Waals surface area contributed by atoms with E-state index in [1.165, 1.54) is 12.0 Å². The number of nitrogens with one attached hydrogen (secondary N) is 1. The lowest BCUT2D eigenvalue weighted by molar-refractivity contribution is 0.0150. The van der Waals surface area contributed by atoms with Crippen LogP contribution in [0.5, 0.6) is 0 Å². The Hall–Kier alpha value is -3.60. The van der Waals surface area contributed by atoms with Crippen molar-refractivity contribution in [3.05, 3.63) is 76.2 Å². The zero-order valence-electron chi connectivity index (χ0n) is 27.1. The van der Waals surface area contributed by atoms with Gasteiger partial charge in [-0.1, -0.05) is 37.5 Å². The van der Waals surface area contributed by atoms with Gasteiger partial charge >= 0.3 is 0 Å². The summed E-state index contributed by atoms with van der Waals surface area (Å²) in [4.78, 5) is 24.2. The van der Waals surface area contributed by atoms with Crippen LogP contribution in [0.2, 0.25) is 0 Å². The molecule has 1 saturated carbocycles. The molecule has 9 nitrogen and oxygen atoms in total. The van der Waals surface area contributed by atoms with Gasteiger partial charge in [-0.25, -0.2) is 13.4 Å². The molecule has 10 heteroatoms. The number of aryl methyl sites for hydroxylation is 1. The molecular formula is C37H44N4O5S. The molecule has 0 bridgehead atoms. The highest BCUT2D eigenvalue weighted by Crippen LogP contribution is 2.33. The van der Waals surface area contributed by atoms with Crippen molar-refractivity contribution in [2.45, 2.75) is 93.9 Å². The summed E-state index contributed by atoms with van der Waals surface area (Å²) in [7, 11) is -3.42. The Labute approximate surface area is 276 Å². The molecule has 1 N–H and O–H groups in total. The molecule has 2 aromatic heterocycles. The van der Waals surface area contributed by atoms with Gasteiger partial charge < -0.3 is 14.8 Å². The number of hydrogen-bond donors (Lipinski definition) is 1. The Kier molecular flexibility index (Phi) is 9.43. The SMILES string of the molecule is Cc1cc(S(=O)(=O)C2CCCCC2)ccc1-c1cc2cnc(Nc3ccc(C4CCCCO4)cc3)nc2n(CC2CCOCC2)c1=O. The predicted molar refractivity (Wildman–Crippen MR) is 184 cm³/mol. The Morgan fingerprint density at radius 1 is 0.872 bits per heavy atom. The highest BCUT2D eigenvalue weighted by atomic mass is 32.2. The van der Waals surface area contributed by atoms with Crippen molar-refractivity contribution < 1.29 is 17.9 Å². The molecule has 2 aliphatic heterocycles. The van der Waals surface area contributed by atoms with Crippen LogP contribution in [0, 0.1) is 12.8 Å². The van der Waals surface area contributed by atoms with Gasteiger partial charge in [-0.3, -0.25) is 9.36 Å². The highest BCUT2D eigenvalue weighted by molar-refractivity contribution is 7.92. The minimum atomic E-state index is -3.42. The minimum absolute atomic E-state index is 0.142. The van der Waals surface area contributed by atoms with E-state index < -0.39 is 9.84 Å². The van der Waals surface area contributed by atoms with Gasteiger partial charge in [0.15, 0.2) is 9.84 Å². The van der Waals surface area contributed by atoms with Crippen molar-refractivity contribution in [1.29, 1.82) is 0 Å². The van der Waals surface area contributed by atoms with E-state index in [1.807, 2.05) is 25.1 Å². The van der Waals surface area contributed by atoms with Crippen LogP contribution in [0.25, 0.3) is 22.2 Å². The largest absolute Gasteiger partial charge is 0.381 e. The first-order valence-corrected chi connectivity index (χ1v) is 18.7. The topological polar surface area (TPSA) is 112 Å². The molecule has 0 radical (unpaired) electrons. The van der Waals surface area contributed by atoms with Crippen LogP contribution in [0.1, 0.15) is 81.4 Å². The molecule has 0 amide bonds. The highest BCUT2D eigenvalue weighted by Gasteiger charge is 2.29. The van der Waals surface area contributed by atoms with E-state index in [0.717, 1.165) is 73.8 Å². The molecule has 4 heterocycles. The molecule has 47 heavy (non-hydrogen) atoms. The number of aromatic nitrogens is 3. The van der Waals surface area contributed by atoms with E-state index in [1.54, 1.807) is 29.0 Å². The van der Waals surface area contributed by atoms with Gasteiger partial charge in [-0.2, -0.15) is 4.98 Å². The minimum Gasteiger partial charge on any atom is -0.381 e. The zero-order valence-corrected chi connectivity index (χ0v) is 27.9. The average Bonchev–Trinajstić information content (AvgIpc) is 3.11. The van der Waals surface area contributed by atoms with Gasteiger partial charge in [0.2, 0.25) is 5.95 Å². The van der Waals surface area contributed by atoms with Crippen molar-refractivity contribution in [3.63, 3.8) is 0 Å². The second-order valence-corrected chi connectivity index (χ2v) is 15.6.